The average Bonchev–Trinajstić information content (AvgIpc) is 2.65. The van der Waals surface area contributed by atoms with Crippen LogP contribution >= 0.6 is 0 Å². The Balaban J connectivity index is 3.24. The number of rotatable bonds is 2. The van der Waals surface area contributed by atoms with Gasteiger partial charge in [0.15, 0.2) is 0 Å². The summed E-state index contributed by atoms with van der Waals surface area (Å²) in [7, 11) is 0. The maximum absolute atomic E-state index is 13.0. The Morgan fingerprint density at radius 3 is 1.00 bits per heavy atom. The van der Waals surface area contributed by atoms with E-state index < -0.39 is 41.1 Å². The van der Waals surface area contributed by atoms with E-state index in [1.165, 1.54) is 14.7 Å². The zero-order chi connectivity index (χ0) is 28.6. The van der Waals surface area contributed by atoms with E-state index in [9.17, 15) is 24.3 Å². The molecule has 214 valence electrons. The zero-order valence-electron chi connectivity index (χ0n) is 24.0. The van der Waals surface area contributed by atoms with Gasteiger partial charge in [-0.05, 0) is 62.3 Å². The highest BCUT2D eigenvalue weighted by Crippen LogP contribution is 2.14. The largest absolute Gasteiger partial charge is 0.480 e. The van der Waals surface area contributed by atoms with Crippen molar-refractivity contribution in [3.05, 3.63) is 0 Å². The third-order valence-corrected chi connectivity index (χ3v) is 4.97. The predicted octanol–water partition coefficient (Wildman–Crippen LogP) is 3.10. The van der Waals surface area contributed by atoms with Crippen LogP contribution < -0.4 is 0 Å². The lowest BCUT2D eigenvalue weighted by molar-refractivity contribution is -0.138. The summed E-state index contributed by atoms with van der Waals surface area (Å²) < 4.78 is 16.6. The lowest BCUT2D eigenvalue weighted by atomic mass is 10.2. The number of carbonyl (C=O) groups is 4. The highest BCUT2D eigenvalue weighted by molar-refractivity contribution is 5.71. The molecular weight excluding hydrogens is 484 g/mol. The highest BCUT2D eigenvalue weighted by Gasteiger charge is 2.29. The standard InChI is InChI=1S/C25H46N4O8/c1-23(2,3)35-20(32)27-12-10-26(18-19(30)31)11-13-28(21(33)36-24(4,5)6)15-17-29(16-14-27)22(34)37-25(7,8)9/h10-18H2,1-9H3,(H,30,31). The first-order chi connectivity index (χ1) is 16.8. The van der Waals surface area contributed by atoms with Crippen molar-refractivity contribution in [2.24, 2.45) is 0 Å². The summed E-state index contributed by atoms with van der Waals surface area (Å²) >= 11 is 0. The molecule has 1 saturated heterocycles. The van der Waals surface area contributed by atoms with Crippen molar-refractivity contribution in [3.63, 3.8) is 0 Å². The molecule has 37 heavy (non-hydrogen) atoms. The molecule has 3 amide bonds. The molecular formula is C25H46N4O8. The van der Waals surface area contributed by atoms with Crippen LogP contribution in [0.2, 0.25) is 0 Å². The second-order valence-corrected chi connectivity index (χ2v) is 12.1. The van der Waals surface area contributed by atoms with Gasteiger partial charge in [0.05, 0.1) is 6.54 Å². The minimum absolute atomic E-state index is 0.134. The van der Waals surface area contributed by atoms with Crippen molar-refractivity contribution in [2.75, 3.05) is 58.9 Å². The lowest BCUT2D eigenvalue weighted by Crippen LogP contribution is -2.51. The van der Waals surface area contributed by atoms with Crippen molar-refractivity contribution in [2.45, 2.75) is 79.1 Å². The number of hydrogen-bond donors (Lipinski definition) is 1. The summed E-state index contributed by atoms with van der Waals surface area (Å²) in [6.45, 7) is 17.0. The van der Waals surface area contributed by atoms with Crippen molar-refractivity contribution in [1.82, 2.24) is 19.6 Å². The molecule has 12 nitrogen and oxygen atoms in total. The minimum atomic E-state index is -1.02. The smallest absolute Gasteiger partial charge is 0.410 e. The summed E-state index contributed by atoms with van der Waals surface area (Å²) in [6.07, 6.45) is -1.68. The summed E-state index contributed by atoms with van der Waals surface area (Å²) in [4.78, 5) is 56.3. The van der Waals surface area contributed by atoms with Crippen LogP contribution in [0.25, 0.3) is 0 Å². The van der Waals surface area contributed by atoms with Crippen LogP contribution in [0.15, 0.2) is 0 Å². The molecule has 0 aromatic heterocycles. The first-order valence-corrected chi connectivity index (χ1v) is 12.6. The fourth-order valence-electron chi connectivity index (χ4n) is 3.33. The van der Waals surface area contributed by atoms with Crippen LogP contribution in [0.4, 0.5) is 14.4 Å². The first-order valence-electron chi connectivity index (χ1n) is 12.6. The summed E-state index contributed by atoms with van der Waals surface area (Å²) in [5, 5.41) is 9.39. The maximum atomic E-state index is 13.0. The average molecular weight is 531 g/mol. The van der Waals surface area contributed by atoms with Crippen molar-refractivity contribution < 1.29 is 38.5 Å². The molecule has 0 atom stereocenters. The fourth-order valence-corrected chi connectivity index (χ4v) is 3.33. The maximum Gasteiger partial charge on any atom is 0.410 e. The summed E-state index contributed by atoms with van der Waals surface area (Å²) in [6, 6.07) is 0. The lowest BCUT2D eigenvalue weighted by Gasteiger charge is -2.35. The third kappa shape index (κ3) is 13.9. The molecule has 0 aromatic rings. The highest BCUT2D eigenvalue weighted by atomic mass is 16.6. The van der Waals surface area contributed by atoms with E-state index in [1.54, 1.807) is 67.2 Å². The van der Waals surface area contributed by atoms with Gasteiger partial charge in [0.25, 0.3) is 0 Å². The van der Waals surface area contributed by atoms with Gasteiger partial charge in [0.2, 0.25) is 0 Å². The van der Waals surface area contributed by atoms with Gasteiger partial charge in [0.1, 0.15) is 16.8 Å². The predicted molar refractivity (Wildman–Crippen MR) is 137 cm³/mol. The van der Waals surface area contributed by atoms with Crippen LogP contribution in [0.5, 0.6) is 0 Å². The number of carboxylic acid groups (broad SMARTS) is 1. The van der Waals surface area contributed by atoms with Gasteiger partial charge < -0.3 is 34.0 Å². The number of hydrogen-bond acceptors (Lipinski definition) is 8. The summed E-state index contributed by atoms with van der Waals surface area (Å²) in [5.41, 5.74) is -2.17. The van der Waals surface area contributed by atoms with Gasteiger partial charge in [-0.1, -0.05) is 0 Å². The third-order valence-electron chi connectivity index (χ3n) is 4.97. The van der Waals surface area contributed by atoms with Crippen molar-refractivity contribution >= 4 is 24.2 Å². The second kappa shape index (κ2) is 13.2. The van der Waals surface area contributed by atoms with Crippen LogP contribution in [-0.4, -0.2) is 125 Å². The summed E-state index contributed by atoms with van der Waals surface area (Å²) in [5.74, 6) is -1.02. The van der Waals surface area contributed by atoms with Gasteiger partial charge >= 0.3 is 24.2 Å². The SMILES string of the molecule is CC(C)(C)OC(=O)N1CCN(CC(=O)O)CCN(C(=O)OC(C)(C)C)CCN(C(=O)OC(C)(C)C)CC1. The van der Waals surface area contributed by atoms with Gasteiger partial charge in [0, 0.05) is 52.4 Å². The zero-order valence-corrected chi connectivity index (χ0v) is 24.0. The van der Waals surface area contributed by atoms with Crippen molar-refractivity contribution in [1.29, 1.82) is 0 Å². The molecule has 0 bridgehead atoms. The molecule has 1 fully saturated rings. The van der Waals surface area contributed by atoms with Gasteiger partial charge in [-0.2, -0.15) is 0 Å². The van der Waals surface area contributed by atoms with E-state index in [4.69, 9.17) is 14.2 Å². The van der Waals surface area contributed by atoms with E-state index in [-0.39, 0.29) is 58.9 Å². The molecule has 0 unspecified atom stereocenters. The quantitative estimate of drug-likeness (QED) is 0.535. The number of carboxylic acids is 1. The van der Waals surface area contributed by atoms with Crippen LogP contribution in [0.1, 0.15) is 62.3 Å². The molecule has 1 N–H and O–H groups in total. The monoisotopic (exact) mass is 530 g/mol. The van der Waals surface area contributed by atoms with E-state index >= 15 is 0 Å². The number of carbonyl (C=O) groups excluding carboxylic acids is 3. The van der Waals surface area contributed by atoms with Crippen LogP contribution in [0.3, 0.4) is 0 Å². The Hall–Kier alpha value is -2.76. The molecule has 1 rings (SSSR count). The number of amides is 3. The van der Waals surface area contributed by atoms with E-state index in [2.05, 4.69) is 0 Å². The molecule has 0 aromatic carbocycles. The molecule has 0 spiro atoms. The van der Waals surface area contributed by atoms with E-state index in [0.29, 0.717) is 0 Å². The Bertz CT molecular complexity index is 754. The first kappa shape index (κ1) is 32.3. The van der Waals surface area contributed by atoms with Crippen LogP contribution in [0, 0.1) is 0 Å². The number of aliphatic carboxylic acids is 1. The molecule has 12 heteroatoms. The minimum Gasteiger partial charge on any atom is -0.480 e. The van der Waals surface area contributed by atoms with Gasteiger partial charge in [-0.15, -0.1) is 0 Å². The molecule has 0 radical (unpaired) electrons. The molecule has 1 aliphatic rings. The fraction of sp³-hybridized carbons (Fsp3) is 0.840. The van der Waals surface area contributed by atoms with Crippen molar-refractivity contribution in [3.8, 4) is 0 Å². The van der Waals surface area contributed by atoms with Gasteiger partial charge in [-0.25, -0.2) is 14.4 Å². The van der Waals surface area contributed by atoms with Crippen LogP contribution in [-0.2, 0) is 19.0 Å². The molecule has 0 saturated carbocycles. The van der Waals surface area contributed by atoms with Gasteiger partial charge in [-0.3, -0.25) is 9.69 Å². The topological polar surface area (TPSA) is 129 Å². The molecule has 0 aliphatic carbocycles. The Kier molecular flexibility index (Phi) is 11.5. The Morgan fingerprint density at radius 1 is 0.541 bits per heavy atom. The second-order valence-electron chi connectivity index (χ2n) is 12.1. The Labute approximate surface area is 220 Å². The van der Waals surface area contributed by atoms with E-state index in [1.807, 2.05) is 0 Å². The number of ether oxygens (including phenoxy) is 3. The number of nitrogens with zero attached hydrogens (tertiary/aromatic N) is 4. The normalized spacial score (nSPS) is 17.4. The molecule has 1 aliphatic heterocycles. The Morgan fingerprint density at radius 2 is 0.784 bits per heavy atom. The van der Waals surface area contributed by atoms with E-state index in [0.717, 1.165) is 0 Å². The molecule has 1 heterocycles.